The van der Waals surface area contributed by atoms with E-state index in [0.29, 0.717) is 18.4 Å². The normalized spacial score (nSPS) is 26.8. The molecule has 2 fully saturated rings. The highest BCUT2D eigenvalue weighted by molar-refractivity contribution is 5.99. The molecule has 0 radical (unpaired) electrons. The Balaban J connectivity index is 1.55. The second-order valence-electron chi connectivity index (χ2n) is 6.98. The quantitative estimate of drug-likeness (QED) is 0.652. The van der Waals surface area contributed by atoms with Gasteiger partial charge in [-0.05, 0) is 68.4 Å². The SMILES string of the molecule is CCOc1ccc(/C(C)=N\NC(=O)C2[C@@H]3CCCCCC[C@@H]23)cc1. The van der Waals surface area contributed by atoms with Gasteiger partial charge >= 0.3 is 0 Å². The first-order valence-electron chi connectivity index (χ1n) is 9.28. The van der Waals surface area contributed by atoms with Crippen LogP contribution in [0.5, 0.6) is 5.75 Å². The van der Waals surface area contributed by atoms with Crippen LogP contribution < -0.4 is 10.2 Å². The number of fused-ring (bicyclic) bond motifs is 1. The number of rotatable bonds is 5. The molecule has 130 valence electrons. The third kappa shape index (κ3) is 3.97. The van der Waals surface area contributed by atoms with Gasteiger partial charge in [-0.3, -0.25) is 4.79 Å². The van der Waals surface area contributed by atoms with Gasteiger partial charge in [0.15, 0.2) is 0 Å². The predicted octanol–water partition coefficient (Wildman–Crippen LogP) is 4.14. The standard InChI is InChI=1S/C20H28N2O2/c1-3-24-16-12-10-15(11-13-16)14(2)21-22-20(23)19-17-8-6-4-5-7-9-18(17)19/h10-13,17-19H,3-9H2,1-2H3,(H,22,23)/b21-14-/t17-,18-/m1/s1. The third-order valence-corrected chi connectivity index (χ3v) is 5.38. The van der Waals surface area contributed by atoms with Gasteiger partial charge in [-0.2, -0.15) is 5.10 Å². The molecule has 0 aromatic heterocycles. The van der Waals surface area contributed by atoms with Gasteiger partial charge in [0.1, 0.15) is 5.75 Å². The van der Waals surface area contributed by atoms with Crippen LogP contribution in [0.15, 0.2) is 29.4 Å². The lowest BCUT2D eigenvalue weighted by atomic mass is 10.0. The maximum absolute atomic E-state index is 12.4. The van der Waals surface area contributed by atoms with Gasteiger partial charge < -0.3 is 4.74 Å². The van der Waals surface area contributed by atoms with Crippen LogP contribution in [-0.4, -0.2) is 18.2 Å². The molecule has 4 nitrogen and oxygen atoms in total. The molecule has 0 aliphatic heterocycles. The number of carbonyl (C=O) groups is 1. The summed E-state index contributed by atoms with van der Waals surface area (Å²) in [5.74, 6) is 2.36. The molecule has 3 rings (SSSR count). The van der Waals surface area contributed by atoms with E-state index in [-0.39, 0.29) is 11.8 Å². The van der Waals surface area contributed by atoms with E-state index in [1.165, 1.54) is 38.5 Å². The minimum atomic E-state index is 0.109. The molecule has 2 aliphatic carbocycles. The molecule has 2 saturated carbocycles. The largest absolute Gasteiger partial charge is 0.494 e. The van der Waals surface area contributed by atoms with Gasteiger partial charge in [0.25, 0.3) is 0 Å². The van der Waals surface area contributed by atoms with E-state index >= 15 is 0 Å². The lowest BCUT2D eigenvalue weighted by molar-refractivity contribution is -0.122. The van der Waals surface area contributed by atoms with E-state index in [1.807, 2.05) is 38.1 Å². The molecule has 0 heterocycles. The minimum Gasteiger partial charge on any atom is -0.494 e. The average Bonchev–Trinajstić information content (AvgIpc) is 3.24. The predicted molar refractivity (Wildman–Crippen MR) is 96.1 cm³/mol. The molecule has 1 aromatic carbocycles. The number of hydrogen-bond acceptors (Lipinski definition) is 3. The van der Waals surface area contributed by atoms with Crippen molar-refractivity contribution in [1.82, 2.24) is 5.43 Å². The Hall–Kier alpha value is -1.84. The molecule has 1 amide bonds. The van der Waals surface area contributed by atoms with Crippen molar-refractivity contribution < 1.29 is 9.53 Å². The van der Waals surface area contributed by atoms with Gasteiger partial charge in [-0.15, -0.1) is 0 Å². The molecule has 2 atom stereocenters. The van der Waals surface area contributed by atoms with Crippen LogP contribution in [0.3, 0.4) is 0 Å². The molecule has 2 aliphatic rings. The lowest BCUT2D eigenvalue weighted by Crippen LogP contribution is -2.22. The molecular weight excluding hydrogens is 300 g/mol. The van der Waals surface area contributed by atoms with E-state index in [2.05, 4.69) is 10.5 Å². The van der Waals surface area contributed by atoms with E-state index in [4.69, 9.17) is 4.74 Å². The molecule has 0 bridgehead atoms. The fraction of sp³-hybridized carbons (Fsp3) is 0.600. The Bertz CT molecular complexity index is 580. The van der Waals surface area contributed by atoms with Crippen LogP contribution in [0.1, 0.15) is 57.9 Å². The number of nitrogens with zero attached hydrogens (tertiary/aromatic N) is 1. The molecule has 0 saturated heterocycles. The van der Waals surface area contributed by atoms with Crippen LogP contribution in [0.4, 0.5) is 0 Å². The highest BCUT2D eigenvalue weighted by atomic mass is 16.5. The Morgan fingerprint density at radius 2 is 1.75 bits per heavy atom. The number of ether oxygens (including phenoxy) is 1. The summed E-state index contributed by atoms with van der Waals surface area (Å²) in [6.45, 7) is 4.55. The van der Waals surface area contributed by atoms with Gasteiger partial charge in [-0.25, -0.2) is 5.43 Å². The molecule has 4 heteroatoms. The third-order valence-electron chi connectivity index (χ3n) is 5.38. The number of hydrazone groups is 1. The zero-order chi connectivity index (χ0) is 16.9. The zero-order valence-electron chi connectivity index (χ0n) is 14.8. The summed E-state index contributed by atoms with van der Waals surface area (Å²) >= 11 is 0. The van der Waals surface area contributed by atoms with Crippen molar-refractivity contribution in [3.05, 3.63) is 29.8 Å². The zero-order valence-corrected chi connectivity index (χ0v) is 14.8. The Kier molecular flexibility index (Phi) is 5.54. The van der Waals surface area contributed by atoms with E-state index in [9.17, 15) is 4.79 Å². The molecular formula is C20H28N2O2. The smallest absolute Gasteiger partial charge is 0.243 e. The maximum atomic E-state index is 12.4. The summed E-state index contributed by atoms with van der Waals surface area (Å²) in [6, 6.07) is 7.81. The highest BCUT2D eigenvalue weighted by Crippen LogP contribution is 2.53. The summed E-state index contributed by atoms with van der Waals surface area (Å²) in [4.78, 5) is 12.4. The summed E-state index contributed by atoms with van der Waals surface area (Å²) in [7, 11) is 0. The average molecular weight is 328 g/mol. The monoisotopic (exact) mass is 328 g/mol. The molecule has 24 heavy (non-hydrogen) atoms. The summed E-state index contributed by atoms with van der Waals surface area (Å²) in [5.41, 5.74) is 4.62. The highest BCUT2D eigenvalue weighted by Gasteiger charge is 2.53. The van der Waals surface area contributed by atoms with E-state index in [0.717, 1.165) is 17.0 Å². The summed E-state index contributed by atoms with van der Waals surface area (Å²) in [5, 5.41) is 4.31. The van der Waals surface area contributed by atoms with Gasteiger partial charge in [-0.1, -0.05) is 25.7 Å². The van der Waals surface area contributed by atoms with Crippen LogP contribution in [0.25, 0.3) is 0 Å². The van der Waals surface area contributed by atoms with Crippen molar-refractivity contribution in [3.8, 4) is 5.75 Å². The van der Waals surface area contributed by atoms with Crippen molar-refractivity contribution in [2.45, 2.75) is 52.4 Å². The number of nitrogens with one attached hydrogen (secondary N) is 1. The van der Waals surface area contributed by atoms with Crippen LogP contribution >= 0.6 is 0 Å². The number of hydrogen-bond donors (Lipinski definition) is 1. The van der Waals surface area contributed by atoms with Gasteiger partial charge in [0.05, 0.1) is 12.3 Å². The van der Waals surface area contributed by atoms with Crippen molar-refractivity contribution in [1.29, 1.82) is 0 Å². The maximum Gasteiger partial charge on any atom is 0.243 e. The Morgan fingerprint density at radius 1 is 1.12 bits per heavy atom. The van der Waals surface area contributed by atoms with Crippen molar-refractivity contribution in [3.63, 3.8) is 0 Å². The van der Waals surface area contributed by atoms with Crippen molar-refractivity contribution in [2.24, 2.45) is 22.9 Å². The van der Waals surface area contributed by atoms with Crippen LogP contribution in [0.2, 0.25) is 0 Å². The van der Waals surface area contributed by atoms with Gasteiger partial charge in [0, 0.05) is 5.92 Å². The first-order chi connectivity index (χ1) is 11.7. The number of carbonyl (C=O) groups excluding carboxylic acids is 1. The fourth-order valence-electron chi connectivity index (χ4n) is 3.97. The van der Waals surface area contributed by atoms with Crippen LogP contribution in [-0.2, 0) is 4.79 Å². The second-order valence-corrected chi connectivity index (χ2v) is 6.98. The van der Waals surface area contributed by atoms with E-state index < -0.39 is 0 Å². The summed E-state index contributed by atoms with van der Waals surface area (Å²) < 4.78 is 5.44. The van der Waals surface area contributed by atoms with Gasteiger partial charge in [0.2, 0.25) is 5.91 Å². The van der Waals surface area contributed by atoms with E-state index in [1.54, 1.807) is 0 Å². The molecule has 1 aromatic rings. The Labute approximate surface area is 144 Å². The fourth-order valence-corrected chi connectivity index (χ4v) is 3.97. The molecule has 0 unspecified atom stereocenters. The molecule has 1 N–H and O–H groups in total. The van der Waals surface area contributed by atoms with Crippen LogP contribution in [0, 0.1) is 17.8 Å². The first-order valence-corrected chi connectivity index (χ1v) is 9.28. The van der Waals surface area contributed by atoms with Crippen molar-refractivity contribution >= 4 is 11.6 Å². The number of benzene rings is 1. The summed E-state index contributed by atoms with van der Waals surface area (Å²) in [6.07, 6.45) is 7.63. The second kappa shape index (κ2) is 7.82. The van der Waals surface area contributed by atoms with Crippen molar-refractivity contribution in [2.75, 3.05) is 6.61 Å². The number of amides is 1. The first kappa shape index (κ1) is 17.0. The Morgan fingerprint density at radius 3 is 2.33 bits per heavy atom. The lowest BCUT2D eigenvalue weighted by Gasteiger charge is -2.05. The minimum absolute atomic E-state index is 0.109. The topological polar surface area (TPSA) is 50.7 Å². The molecule has 0 spiro atoms.